The topological polar surface area (TPSA) is 6.48 Å². The first-order chi connectivity index (χ1) is 6.98. The summed E-state index contributed by atoms with van der Waals surface area (Å²) in [4.78, 5) is 4.87. The Bertz CT molecular complexity index is 228. The van der Waals surface area contributed by atoms with E-state index in [2.05, 4.69) is 30.6 Å². The fraction of sp³-hybridized carbons (Fsp3) is 1.00. The van der Waals surface area contributed by atoms with Crippen LogP contribution in [-0.4, -0.2) is 53.7 Å². The number of hydrogen-bond donors (Lipinski definition) is 0. The Morgan fingerprint density at radius 3 is 2.47 bits per heavy atom. The van der Waals surface area contributed by atoms with Crippen LogP contribution in [0.25, 0.3) is 0 Å². The smallest absolute Gasteiger partial charge is 0.102 e. The maximum atomic E-state index is 12.4. The van der Waals surface area contributed by atoms with Crippen LogP contribution in [0.4, 0.5) is 4.39 Å². The molecule has 2 fully saturated rings. The molecule has 2 aliphatic heterocycles. The Balaban J connectivity index is 1.95. The summed E-state index contributed by atoms with van der Waals surface area (Å²) in [7, 11) is 0. The molecule has 15 heavy (non-hydrogen) atoms. The Morgan fingerprint density at radius 1 is 1.27 bits per heavy atom. The van der Waals surface area contributed by atoms with Gasteiger partial charge in [0.15, 0.2) is 0 Å². The third-order valence-corrected chi connectivity index (χ3v) is 4.01. The van der Waals surface area contributed by atoms with Crippen molar-refractivity contribution in [2.24, 2.45) is 0 Å². The van der Waals surface area contributed by atoms with Crippen LogP contribution in [0.3, 0.4) is 0 Å². The summed E-state index contributed by atoms with van der Waals surface area (Å²) >= 11 is 0. The summed E-state index contributed by atoms with van der Waals surface area (Å²) in [6.07, 6.45) is 2.51. The predicted octanol–water partition coefficient (Wildman–Crippen LogP) is 1.90. The minimum Gasteiger partial charge on any atom is -0.295 e. The van der Waals surface area contributed by atoms with Crippen molar-refractivity contribution in [3.05, 3.63) is 0 Å². The number of hydrogen-bond acceptors (Lipinski definition) is 2. The molecular weight excluding hydrogens is 191 g/mol. The van der Waals surface area contributed by atoms with Crippen molar-refractivity contribution in [2.45, 2.75) is 44.7 Å². The lowest BCUT2D eigenvalue weighted by atomic mass is 9.83. The predicted molar refractivity (Wildman–Crippen MR) is 60.8 cm³/mol. The molecule has 3 heteroatoms. The van der Waals surface area contributed by atoms with E-state index in [1.807, 2.05) is 0 Å². The van der Waals surface area contributed by atoms with Crippen molar-refractivity contribution >= 4 is 0 Å². The molecule has 0 aromatic carbocycles. The molecule has 0 N–H and O–H groups in total. The second-order valence-electron chi connectivity index (χ2n) is 6.03. The van der Waals surface area contributed by atoms with Crippen LogP contribution in [0.1, 0.15) is 33.6 Å². The maximum Gasteiger partial charge on any atom is 0.102 e. The average molecular weight is 214 g/mol. The summed E-state index contributed by atoms with van der Waals surface area (Å²) < 4.78 is 12.4. The van der Waals surface area contributed by atoms with E-state index in [4.69, 9.17) is 0 Å². The molecular formula is C12H23FN2. The number of likely N-dealkylation sites (tertiary alicyclic amines) is 2. The lowest BCUT2D eigenvalue weighted by molar-refractivity contribution is -0.0761. The highest BCUT2D eigenvalue weighted by atomic mass is 19.1. The molecule has 2 heterocycles. The highest BCUT2D eigenvalue weighted by Gasteiger charge is 2.52. The molecule has 0 amide bonds. The van der Waals surface area contributed by atoms with Crippen molar-refractivity contribution in [3.63, 3.8) is 0 Å². The van der Waals surface area contributed by atoms with E-state index in [-0.39, 0.29) is 12.2 Å². The maximum absolute atomic E-state index is 12.4. The molecule has 0 aromatic rings. The van der Waals surface area contributed by atoms with Crippen LogP contribution in [0.5, 0.6) is 0 Å². The number of rotatable bonds is 2. The Morgan fingerprint density at radius 2 is 1.93 bits per heavy atom. The first kappa shape index (κ1) is 11.3. The van der Waals surface area contributed by atoms with Gasteiger partial charge in [0.2, 0.25) is 0 Å². The first-order valence-electron chi connectivity index (χ1n) is 6.04. The van der Waals surface area contributed by atoms with Gasteiger partial charge in [0.05, 0.1) is 0 Å². The van der Waals surface area contributed by atoms with Crippen LogP contribution in [0.15, 0.2) is 0 Å². The normalized spacial score (nSPS) is 27.2. The van der Waals surface area contributed by atoms with E-state index < -0.39 is 0 Å². The summed E-state index contributed by atoms with van der Waals surface area (Å²) in [6.45, 7) is 10.6. The van der Waals surface area contributed by atoms with Gasteiger partial charge in [-0.1, -0.05) is 0 Å². The monoisotopic (exact) mass is 214 g/mol. The van der Waals surface area contributed by atoms with Crippen LogP contribution in [0.2, 0.25) is 0 Å². The van der Waals surface area contributed by atoms with Crippen LogP contribution in [0, 0.1) is 0 Å². The third-order valence-electron chi connectivity index (χ3n) is 4.01. The molecule has 0 saturated carbocycles. The van der Waals surface area contributed by atoms with E-state index in [0.29, 0.717) is 12.1 Å². The Kier molecular flexibility index (Phi) is 2.80. The standard InChI is InChI=1S/C12H23FN2/c1-11(2,3)15-9-12(10-15)5-4-7-14(12)8-6-13/h4-10H2,1-3H3. The highest BCUT2D eigenvalue weighted by molar-refractivity contribution is 5.09. The second kappa shape index (κ2) is 3.70. The molecule has 0 atom stereocenters. The molecule has 1 spiro atoms. The van der Waals surface area contributed by atoms with Gasteiger partial charge in [0.1, 0.15) is 6.67 Å². The molecule has 2 aliphatic rings. The lowest BCUT2D eigenvalue weighted by Gasteiger charge is -2.57. The summed E-state index contributed by atoms with van der Waals surface area (Å²) in [6, 6.07) is 0. The quantitative estimate of drug-likeness (QED) is 0.693. The van der Waals surface area contributed by atoms with Crippen molar-refractivity contribution in [2.75, 3.05) is 32.9 Å². The van der Waals surface area contributed by atoms with E-state index in [9.17, 15) is 4.39 Å². The summed E-state index contributed by atoms with van der Waals surface area (Å²) in [5.74, 6) is 0. The van der Waals surface area contributed by atoms with Gasteiger partial charge in [-0.15, -0.1) is 0 Å². The summed E-state index contributed by atoms with van der Waals surface area (Å²) in [5.41, 5.74) is 0.606. The highest BCUT2D eigenvalue weighted by Crippen LogP contribution is 2.40. The summed E-state index contributed by atoms with van der Waals surface area (Å²) in [5, 5.41) is 0. The zero-order chi connectivity index (χ0) is 11.1. The zero-order valence-electron chi connectivity index (χ0n) is 10.2. The van der Waals surface area contributed by atoms with Crippen molar-refractivity contribution in [1.29, 1.82) is 0 Å². The van der Waals surface area contributed by atoms with Gasteiger partial charge >= 0.3 is 0 Å². The average Bonchev–Trinajstić information content (AvgIpc) is 2.44. The van der Waals surface area contributed by atoms with Crippen LogP contribution < -0.4 is 0 Å². The molecule has 2 saturated heterocycles. The molecule has 88 valence electrons. The van der Waals surface area contributed by atoms with Gasteiger partial charge in [-0.3, -0.25) is 9.80 Å². The van der Waals surface area contributed by atoms with Gasteiger partial charge < -0.3 is 0 Å². The van der Waals surface area contributed by atoms with E-state index in [1.165, 1.54) is 12.8 Å². The Labute approximate surface area is 92.4 Å². The van der Waals surface area contributed by atoms with Gasteiger partial charge in [0, 0.05) is 30.7 Å². The minimum atomic E-state index is -0.197. The zero-order valence-corrected chi connectivity index (χ0v) is 10.2. The molecule has 0 unspecified atom stereocenters. The largest absolute Gasteiger partial charge is 0.295 e. The third kappa shape index (κ3) is 1.92. The molecule has 2 nitrogen and oxygen atoms in total. The Hall–Kier alpha value is -0.150. The molecule has 0 bridgehead atoms. The van der Waals surface area contributed by atoms with Gasteiger partial charge in [-0.25, -0.2) is 4.39 Å². The van der Waals surface area contributed by atoms with E-state index in [1.54, 1.807) is 0 Å². The first-order valence-corrected chi connectivity index (χ1v) is 6.04. The van der Waals surface area contributed by atoms with Gasteiger partial charge in [-0.05, 0) is 40.2 Å². The minimum absolute atomic E-state index is 0.197. The molecule has 0 aliphatic carbocycles. The van der Waals surface area contributed by atoms with Crippen molar-refractivity contribution < 1.29 is 4.39 Å². The molecule has 0 aromatic heterocycles. The van der Waals surface area contributed by atoms with Crippen LogP contribution >= 0.6 is 0 Å². The fourth-order valence-corrected chi connectivity index (χ4v) is 2.94. The van der Waals surface area contributed by atoms with Gasteiger partial charge in [-0.2, -0.15) is 0 Å². The molecule has 0 radical (unpaired) electrons. The number of alkyl halides is 1. The number of nitrogens with zero attached hydrogens (tertiary/aromatic N) is 2. The fourth-order valence-electron chi connectivity index (χ4n) is 2.94. The van der Waals surface area contributed by atoms with Gasteiger partial charge in [0.25, 0.3) is 0 Å². The van der Waals surface area contributed by atoms with E-state index in [0.717, 1.165) is 19.6 Å². The SMILES string of the molecule is CC(C)(C)N1CC2(CCCN2CCF)C1. The van der Waals surface area contributed by atoms with E-state index >= 15 is 0 Å². The van der Waals surface area contributed by atoms with Crippen molar-refractivity contribution in [3.8, 4) is 0 Å². The molecule has 2 rings (SSSR count). The second-order valence-corrected chi connectivity index (χ2v) is 6.03. The number of halogens is 1. The van der Waals surface area contributed by atoms with Crippen molar-refractivity contribution in [1.82, 2.24) is 9.80 Å². The lowest BCUT2D eigenvalue weighted by Crippen LogP contribution is -2.71. The van der Waals surface area contributed by atoms with Crippen LogP contribution in [-0.2, 0) is 0 Å².